The van der Waals surface area contributed by atoms with Gasteiger partial charge in [-0.15, -0.1) is 0 Å². The lowest BCUT2D eigenvalue weighted by Gasteiger charge is -2.00. The third-order valence-corrected chi connectivity index (χ3v) is 3.82. The average molecular weight is 293 g/mol. The zero-order chi connectivity index (χ0) is 15.7. The Morgan fingerprint density at radius 1 is 1.23 bits per heavy atom. The van der Waals surface area contributed by atoms with Gasteiger partial charge >= 0.3 is 5.97 Å². The van der Waals surface area contributed by atoms with E-state index in [0.29, 0.717) is 12.1 Å². The third-order valence-electron chi connectivity index (χ3n) is 3.82. The zero-order valence-electron chi connectivity index (χ0n) is 12.1. The molecule has 0 saturated carbocycles. The van der Waals surface area contributed by atoms with Gasteiger partial charge in [0.1, 0.15) is 0 Å². The maximum Gasteiger partial charge on any atom is 0.335 e. The highest BCUT2D eigenvalue weighted by Crippen LogP contribution is 2.27. The Kier molecular flexibility index (Phi) is 3.59. The van der Waals surface area contributed by atoms with Gasteiger partial charge in [0.2, 0.25) is 0 Å². The highest BCUT2D eigenvalue weighted by molar-refractivity contribution is 6.10. The molecule has 0 fully saturated rings. The van der Waals surface area contributed by atoms with E-state index in [4.69, 9.17) is 5.11 Å². The number of aliphatic imine (C=N–C) groups is 1. The van der Waals surface area contributed by atoms with E-state index in [2.05, 4.69) is 4.99 Å². The molecule has 0 radical (unpaired) electrons. The molecule has 3 rings (SSSR count). The second kappa shape index (κ2) is 5.56. The number of aromatic carboxylic acids is 1. The Morgan fingerprint density at radius 3 is 2.64 bits per heavy atom. The average Bonchev–Trinajstić information content (AvgIpc) is 2.81. The predicted octanol–water partition coefficient (Wildman–Crippen LogP) is 3.45. The van der Waals surface area contributed by atoms with Gasteiger partial charge in [-0.05, 0) is 43.2 Å². The molecule has 0 aromatic heterocycles. The molecule has 4 nitrogen and oxygen atoms in total. The van der Waals surface area contributed by atoms with E-state index >= 15 is 0 Å². The van der Waals surface area contributed by atoms with Crippen molar-refractivity contribution >= 4 is 23.7 Å². The maximum atomic E-state index is 12.3. The van der Waals surface area contributed by atoms with Crippen LogP contribution in [0, 0.1) is 12.8 Å². The second-order valence-electron chi connectivity index (χ2n) is 5.47. The molecule has 1 aliphatic rings. The molecule has 0 aliphatic heterocycles. The highest BCUT2D eigenvalue weighted by atomic mass is 16.4. The molecule has 4 heteroatoms. The van der Waals surface area contributed by atoms with Gasteiger partial charge in [-0.2, -0.15) is 0 Å². The Balaban J connectivity index is 1.77. The molecule has 1 aliphatic carbocycles. The van der Waals surface area contributed by atoms with Gasteiger partial charge in [-0.1, -0.05) is 23.8 Å². The molecule has 0 amide bonds. The van der Waals surface area contributed by atoms with Gasteiger partial charge in [-0.25, -0.2) is 4.79 Å². The molecule has 0 bridgehead atoms. The number of aryl methyl sites for hydroxylation is 1. The maximum absolute atomic E-state index is 12.3. The van der Waals surface area contributed by atoms with Crippen molar-refractivity contribution in [3.63, 3.8) is 0 Å². The Hall–Kier alpha value is -2.75. The first kappa shape index (κ1) is 14.2. The quantitative estimate of drug-likeness (QED) is 0.881. The number of hydrogen-bond donors (Lipinski definition) is 1. The van der Waals surface area contributed by atoms with Gasteiger partial charge in [0.05, 0.1) is 17.2 Å². The largest absolute Gasteiger partial charge is 0.478 e. The summed E-state index contributed by atoms with van der Waals surface area (Å²) in [6.07, 6.45) is 2.33. The number of benzene rings is 2. The summed E-state index contributed by atoms with van der Waals surface area (Å²) in [4.78, 5) is 27.4. The minimum atomic E-state index is -0.965. The van der Waals surface area contributed by atoms with E-state index in [1.807, 2.05) is 25.1 Å². The number of ketones is 1. The standard InChI is InChI=1S/C18H15NO3/c1-11-2-7-16-13(8-11)9-14(17(16)20)10-19-15-5-3-12(4-6-15)18(21)22/h2-8,10,14H,9H2,1H3,(H,21,22). The van der Waals surface area contributed by atoms with Crippen molar-refractivity contribution in [3.8, 4) is 0 Å². The van der Waals surface area contributed by atoms with Crippen molar-refractivity contribution in [2.24, 2.45) is 10.9 Å². The van der Waals surface area contributed by atoms with E-state index in [9.17, 15) is 9.59 Å². The van der Waals surface area contributed by atoms with Gasteiger partial charge in [-0.3, -0.25) is 9.79 Å². The lowest BCUT2D eigenvalue weighted by molar-refractivity contribution is 0.0696. The van der Waals surface area contributed by atoms with Gasteiger partial charge < -0.3 is 5.11 Å². The Labute approximate surface area is 128 Å². The van der Waals surface area contributed by atoms with Gasteiger partial charge in [0.25, 0.3) is 0 Å². The number of nitrogens with zero attached hydrogens (tertiary/aromatic N) is 1. The van der Waals surface area contributed by atoms with Crippen LogP contribution in [-0.4, -0.2) is 23.1 Å². The van der Waals surface area contributed by atoms with Crippen LogP contribution in [0.2, 0.25) is 0 Å². The number of carboxylic acid groups (broad SMARTS) is 1. The lowest BCUT2D eigenvalue weighted by atomic mass is 10.1. The molecule has 22 heavy (non-hydrogen) atoms. The number of hydrogen-bond acceptors (Lipinski definition) is 3. The fourth-order valence-corrected chi connectivity index (χ4v) is 2.65. The number of carboxylic acids is 1. The topological polar surface area (TPSA) is 66.7 Å². The second-order valence-corrected chi connectivity index (χ2v) is 5.47. The lowest BCUT2D eigenvalue weighted by Crippen LogP contribution is -2.09. The number of Topliss-reactive ketones (excluding diaryl/α,β-unsaturated/α-hetero) is 1. The van der Waals surface area contributed by atoms with E-state index in [-0.39, 0.29) is 17.3 Å². The predicted molar refractivity (Wildman–Crippen MR) is 84.3 cm³/mol. The monoisotopic (exact) mass is 293 g/mol. The molecular weight excluding hydrogens is 278 g/mol. The number of carbonyl (C=O) groups excluding carboxylic acids is 1. The van der Waals surface area contributed by atoms with E-state index < -0.39 is 5.97 Å². The molecule has 1 N–H and O–H groups in total. The third kappa shape index (κ3) is 2.68. The van der Waals surface area contributed by atoms with Crippen LogP contribution in [-0.2, 0) is 6.42 Å². The summed E-state index contributed by atoms with van der Waals surface area (Å²) < 4.78 is 0. The Morgan fingerprint density at radius 2 is 1.95 bits per heavy atom. The van der Waals surface area contributed by atoms with Gasteiger partial charge in [0, 0.05) is 11.8 Å². The summed E-state index contributed by atoms with van der Waals surface area (Å²) in [5.74, 6) is -1.11. The van der Waals surface area contributed by atoms with E-state index in [0.717, 1.165) is 16.7 Å². The van der Waals surface area contributed by atoms with Crippen molar-refractivity contribution in [3.05, 3.63) is 64.7 Å². The van der Waals surface area contributed by atoms with Crippen LogP contribution in [0.3, 0.4) is 0 Å². The zero-order valence-corrected chi connectivity index (χ0v) is 12.1. The van der Waals surface area contributed by atoms with Crippen LogP contribution >= 0.6 is 0 Å². The molecule has 2 aromatic carbocycles. The van der Waals surface area contributed by atoms with Crippen molar-refractivity contribution in [1.29, 1.82) is 0 Å². The van der Waals surface area contributed by atoms with E-state index in [1.165, 1.54) is 12.1 Å². The fourth-order valence-electron chi connectivity index (χ4n) is 2.65. The smallest absolute Gasteiger partial charge is 0.335 e. The minimum absolute atomic E-state index is 0.0981. The van der Waals surface area contributed by atoms with Crippen LogP contribution in [0.4, 0.5) is 5.69 Å². The molecule has 0 heterocycles. The van der Waals surface area contributed by atoms with Crippen LogP contribution in [0.1, 0.15) is 31.8 Å². The number of rotatable bonds is 3. The first-order valence-electron chi connectivity index (χ1n) is 7.06. The van der Waals surface area contributed by atoms with Crippen LogP contribution in [0.25, 0.3) is 0 Å². The molecular formula is C18H15NO3. The summed E-state index contributed by atoms with van der Waals surface area (Å²) >= 11 is 0. The fraction of sp³-hybridized carbons (Fsp3) is 0.167. The summed E-state index contributed by atoms with van der Waals surface area (Å²) in [5.41, 5.74) is 3.86. The molecule has 1 unspecified atom stereocenters. The van der Waals surface area contributed by atoms with Crippen molar-refractivity contribution in [2.45, 2.75) is 13.3 Å². The number of carbonyl (C=O) groups is 2. The molecule has 110 valence electrons. The number of fused-ring (bicyclic) bond motifs is 1. The minimum Gasteiger partial charge on any atom is -0.478 e. The van der Waals surface area contributed by atoms with E-state index in [1.54, 1.807) is 18.3 Å². The summed E-state index contributed by atoms with van der Waals surface area (Å²) in [6, 6.07) is 12.1. The van der Waals surface area contributed by atoms with Gasteiger partial charge in [0.15, 0.2) is 5.78 Å². The first-order chi connectivity index (χ1) is 10.5. The van der Waals surface area contributed by atoms with Crippen LogP contribution in [0.15, 0.2) is 47.5 Å². The van der Waals surface area contributed by atoms with Crippen molar-refractivity contribution in [2.75, 3.05) is 0 Å². The SMILES string of the molecule is Cc1ccc2c(c1)CC(C=Nc1ccc(C(=O)O)cc1)C2=O. The molecule has 0 saturated heterocycles. The Bertz CT molecular complexity index is 775. The molecule has 0 spiro atoms. The van der Waals surface area contributed by atoms with Crippen LogP contribution < -0.4 is 0 Å². The first-order valence-corrected chi connectivity index (χ1v) is 7.06. The summed E-state index contributed by atoms with van der Waals surface area (Å²) in [5, 5.41) is 8.85. The highest BCUT2D eigenvalue weighted by Gasteiger charge is 2.28. The van der Waals surface area contributed by atoms with Crippen LogP contribution in [0.5, 0.6) is 0 Å². The normalized spacial score (nSPS) is 17.0. The molecule has 1 atom stereocenters. The van der Waals surface area contributed by atoms with Crippen molar-refractivity contribution < 1.29 is 14.7 Å². The molecule has 2 aromatic rings. The summed E-state index contributed by atoms with van der Waals surface area (Å²) in [6.45, 7) is 2.01. The van der Waals surface area contributed by atoms with Crippen molar-refractivity contribution in [1.82, 2.24) is 0 Å². The summed E-state index contributed by atoms with van der Waals surface area (Å²) in [7, 11) is 0.